The third-order valence-electron chi connectivity index (χ3n) is 7.02. The Hall–Kier alpha value is -3.85. The Morgan fingerprint density at radius 2 is 1.46 bits per heavy atom. The monoisotopic (exact) mass is 458 g/mol. The molecule has 0 amide bonds. The van der Waals surface area contributed by atoms with Gasteiger partial charge in [-0.25, -0.2) is 4.98 Å². The lowest BCUT2D eigenvalue weighted by atomic mass is 9.92. The molecule has 0 radical (unpaired) electrons. The fourth-order valence-electron chi connectivity index (χ4n) is 5.28. The first-order valence-corrected chi connectivity index (χ1v) is 12.5. The van der Waals surface area contributed by atoms with Crippen molar-refractivity contribution < 1.29 is 4.42 Å². The average Bonchev–Trinajstić information content (AvgIpc) is 3.41. The Morgan fingerprint density at radius 3 is 2.20 bits per heavy atom. The van der Waals surface area contributed by atoms with Crippen molar-refractivity contribution in [2.45, 2.75) is 46.5 Å². The summed E-state index contributed by atoms with van der Waals surface area (Å²) >= 11 is 0. The van der Waals surface area contributed by atoms with Gasteiger partial charge in [-0.1, -0.05) is 82.3 Å². The van der Waals surface area contributed by atoms with E-state index in [0.29, 0.717) is 11.8 Å². The Bertz CT molecular complexity index is 1690. The van der Waals surface area contributed by atoms with Crippen LogP contribution in [0.2, 0.25) is 0 Å². The molecular weight excluding hydrogens is 428 g/mol. The molecule has 0 atom stereocenters. The highest BCUT2D eigenvalue weighted by Gasteiger charge is 2.24. The molecule has 0 saturated carbocycles. The minimum absolute atomic E-state index is 0.377. The van der Waals surface area contributed by atoms with Crippen LogP contribution >= 0.6 is 0 Å². The van der Waals surface area contributed by atoms with Crippen molar-refractivity contribution in [1.82, 2.24) is 9.55 Å². The molecular formula is C32H30N2O. The largest absolute Gasteiger partial charge is 0.455 e. The maximum Gasteiger partial charge on any atom is 0.149 e. The predicted molar refractivity (Wildman–Crippen MR) is 147 cm³/mol. The second-order valence-corrected chi connectivity index (χ2v) is 10.1. The van der Waals surface area contributed by atoms with Gasteiger partial charge in [0.2, 0.25) is 0 Å². The van der Waals surface area contributed by atoms with Crippen molar-refractivity contribution in [2.75, 3.05) is 0 Å². The fraction of sp³-hybridized carbons (Fsp3) is 0.219. The Morgan fingerprint density at radius 1 is 0.743 bits per heavy atom. The van der Waals surface area contributed by atoms with Crippen molar-refractivity contribution >= 4 is 33.0 Å². The number of aromatic nitrogens is 2. The maximum atomic E-state index is 6.51. The van der Waals surface area contributed by atoms with Crippen molar-refractivity contribution in [1.29, 1.82) is 0 Å². The van der Waals surface area contributed by atoms with E-state index in [1.807, 2.05) is 0 Å². The molecule has 35 heavy (non-hydrogen) atoms. The molecule has 6 aromatic rings. The number of imidazole rings is 1. The minimum Gasteiger partial charge on any atom is -0.455 e. The Labute approximate surface area is 206 Å². The number of nitrogens with zero attached hydrogens (tertiary/aromatic N) is 2. The zero-order valence-corrected chi connectivity index (χ0v) is 21.0. The zero-order valence-electron chi connectivity index (χ0n) is 21.0. The van der Waals surface area contributed by atoms with E-state index in [1.54, 1.807) is 0 Å². The number of hydrogen-bond donors (Lipinski definition) is 0. The van der Waals surface area contributed by atoms with Gasteiger partial charge in [0.1, 0.15) is 17.0 Å². The minimum atomic E-state index is 0.377. The summed E-state index contributed by atoms with van der Waals surface area (Å²) in [6.07, 6.45) is 0. The molecule has 6 rings (SSSR count). The summed E-state index contributed by atoms with van der Waals surface area (Å²) in [7, 11) is 0. The molecule has 0 aliphatic heterocycles. The van der Waals surface area contributed by atoms with Gasteiger partial charge in [-0.2, -0.15) is 0 Å². The van der Waals surface area contributed by atoms with E-state index in [9.17, 15) is 0 Å². The van der Waals surface area contributed by atoms with E-state index in [1.165, 1.54) is 22.4 Å². The van der Waals surface area contributed by atoms with Crippen LogP contribution in [-0.4, -0.2) is 9.55 Å². The summed E-state index contributed by atoms with van der Waals surface area (Å²) < 4.78 is 8.88. The summed E-state index contributed by atoms with van der Waals surface area (Å²) in [6, 6.07) is 28.0. The number of rotatable bonds is 4. The van der Waals surface area contributed by atoms with Gasteiger partial charge in [-0.15, -0.1) is 0 Å². The highest BCUT2D eigenvalue weighted by molar-refractivity contribution is 6.09. The molecule has 0 unspecified atom stereocenters. The molecule has 0 bridgehead atoms. The summed E-state index contributed by atoms with van der Waals surface area (Å²) in [5.74, 6) is 1.67. The average molecular weight is 459 g/mol. The van der Waals surface area contributed by atoms with Crippen molar-refractivity contribution in [3.05, 3.63) is 95.6 Å². The number of aryl methyl sites for hydroxylation is 1. The number of benzene rings is 4. The lowest BCUT2D eigenvalue weighted by Crippen LogP contribution is -2.08. The van der Waals surface area contributed by atoms with Crippen LogP contribution in [0.3, 0.4) is 0 Å². The topological polar surface area (TPSA) is 31.0 Å². The standard InChI is InChI=1S/C32H30N2O/c1-19(2)22-10-8-11-23(20(3)4)30(22)34-28-15-7-6-14-27(28)33-32(34)26-13-9-12-25-24-17-16-21(5)18-29(24)35-31(25)26/h6-20H,1-5H3. The quantitative estimate of drug-likeness (QED) is 0.264. The third kappa shape index (κ3) is 3.37. The lowest BCUT2D eigenvalue weighted by Gasteiger charge is -2.22. The van der Waals surface area contributed by atoms with Crippen LogP contribution in [0.5, 0.6) is 0 Å². The van der Waals surface area contributed by atoms with E-state index in [0.717, 1.165) is 44.4 Å². The van der Waals surface area contributed by atoms with Crippen LogP contribution in [0, 0.1) is 6.92 Å². The van der Waals surface area contributed by atoms with Crippen LogP contribution in [0.4, 0.5) is 0 Å². The summed E-state index contributed by atoms with van der Waals surface area (Å²) in [5.41, 5.74) is 10.0. The third-order valence-corrected chi connectivity index (χ3v) is 7.02. The van der Waals surface area contributed by atoms with E-state index < -0.39 is 0 Å². The SMILES string of the molecule is Cc1ccc2c(c1)oc1c(-c3nc4ccccc4n3-c3c(C(C)C)cccc3C(C)C)cccc12. The molecule has 2 heterocycles. The molecule has 174 valence electrons. The van der Waals surface area contributed by atoms with Crippen LogP contribution in [0.25, 0.3) is 50.0 Å². The molecule has 2 aromatic heterocycles. The van der Waals surface area contributed by atoms with E-state index in [4.69, 9.17) is 9.40 Å². The molecule has 0 aliphatic carbocycles. The molecule has 3 nitrogen and oxygen atoms in total. The smallest absolute Gasteiger partial charge is 0.149 e. The fourth-order valence-corrected chi connectivity index (χ4v) is 5.28. The first-order chi connectivity index (χ1) is 16.9. The Kier molecular flexibility index (Phi) is 5.03. The van der Waals surface area contributed by atoms with Gasteiger partial charge < -0.3 is 4.42 Å². The maximum absolute atomic E-state index is 6.51. The van der Waals surface area contributed by atoms with Crippen molar-refractivity contribution in [3.63, 3.8) is 0 Å². The Balaban J connectivity index is 1.76. The summed E-state index contributed by atoms with van der Waals surface area (Å²) in [6.45, 7) is 11.2. The number of para-hydroxylation sites is 4. The van der Waals surface area contributed by atoms with E-state index >= 15 is 0 Å². The zero-order chi connectivity index (χ0) is 24.3. The van der Waals surface area contributed by atoms with Crippen LogP contribution in [-0.2, 0) is 0 Å². The highest BCUT2D eigenvalue weighted by atomic mass is 16.3. The first kappa shape index (κ1) is 21.7. The van der Waals surface area contributed by atoms with Crippen molar-refractivity contribution in [2.24, 2.45) is 0 Å². The molecule has 4 aromatic carbocycles. The first-order valence-electron chi connectivity index (χ1n) is 12.5. The molecule has 0 saturated heterocycles. The van der Waals surface area contributed by atoms with Gasteiger partial charge in [-0.05, 0) is 59.7 Å². The van der Waals surface area contributed by atoms with Gasteiger partial charge in [-0.3, -0.25) is 4.57 Å². The van der Waals surface area contributed by atoms with Gasteiger partial charge in [0.25, 0.3) is 0 Å². The molecule has 0 N–H and O–H groups in total. The van der Waals surface area contributed by atoms with Crippen LogP contribution in [0.1, 0.15) is 56.2 Å². The van der Waals surface area contributed by atoms with Crippen molar-refractivity contribution in [3.8, 4) is 17.1 Å². The number of furan rings is 1. The highest BCUT2D eigenvalue weighted by Crippen LogP contribution is 2.40. The summed E-state index contributed by atoms with van der Waals surface area (Å²) in [5, 5.41) is 2.26. The molecule has 3 heteroatoms. The molecule has 0 aliphatic rings. The second kappa shape index (κ2) is 8.13. The van der Waals surface area contributed by atoms with Crippen LogP contribution in [0.15, 0.2) is 83.3 Å². The normalized spacial score (nSPS) is 12.1. The predicted octanol–water partition coefficient (Wildman–Crippen LogP) is 9.15. The van der Waals surface area contributed by atoms with E-state index in [-0.39, 0.29) is 0 Å². The molecule has 0 spiro atoms. The van der Waals surface area contributed by atoms with Gasteiger partial charge >= 0.3 is 0 Å². The number of fused-ring (bicyclic) bond motifs is 4. The summed E-state index contributed by atoms with van der Waals surface area (Å²) in [4.78, 5) is 5.20. The molecule has 0 fully saturated rings. The number of hydrogen-bond acceptors (Lipinski definition) is 2. The second-order valence-electron chi connectivity index (χ2n) is 10.1. The van der Waals surface area contributed by atoms with Gasteiger partial charge in [0, 0.05) is 10.8 Å². The van der Waals surface area contributed by atoms with Gasteiger partial charge in [0.05, 0.1) is 22.3 Å². The van der Waals surface area contributed by atoms with E-state index in [2.05, 4.69) is 118 Å². The lowest BCUT2D eigenvalue weighted by molar-refractivity contribution is 0.669. The van der Waals surface area contributed by atoms with Gasteiger partial charge in [0.15, 0.2) is 0 Å². The van der Waals surface area contributed by atoms with Crippen LogP contribution < -0.4 is 0 Å².